The Balaban J connectivity index is 1.28. The van der Waals surface area contributed by atoms with Crippen LogP contribution in [-0.2, 0) is 19.5 Å². The van der Waals surface area contributed by atoms with E-state index < -0.39 is 0 Å². The van der Waals surface area contributed by atoms with E-state index in [1.54, 1.807) is 28.7 Å². The maximum absolute atomic E-state index is 13.3. The van der Waals surface area contributed by atoms with Gasteiger partial charge in [-0.15, -0.1) is 22.7 Å². The van der Waals surface area contributed by atoms with Crippen molar-refractivity contribution in [3.8, 4) is 10.6 Å². The highest BCUT2D eigenvalue weighted by molar-refractivity contribution is 7.16. The average molecular weight is 533 g/mol. The van der Waals surface area contributed by atoms with E-state index in [0.29, 0.717) is 29.5 Å². The van der Waals surface area contributed by atoms with Crippen LogP contribution in [0.15, 0.2) is 54.2 Å². The zero-order valence-electron chi connectivity index (χ0n) is 20.8. The summed E-state index contributed by atoms with van der Waals surface area (Å²) in [5.41, 5.74) is 3.87. The van der Waals surface area contributed by atoms with Crippen LogP contribution in [0.3, 0.4) is 0 Å². The first-order valence-corrected chi connectivity index (χ1v) is 13.9. The lowest BCUT2D eigenvalue weighted by Crippen LogP contribution is -2.31. The van der Waals surface area contributed by atoms with Gasteiger partial charge in [0.15, 0.2) is 5.13 Å². The molecule has 0 spiro atoms. The van der Waals surface area contributed by atoms with Crippen LogP contribution in [-0.4, -0.2) is 56.7 Å². The van der Waals surface area contributed by atoms with Crippen LogP contribution in [0.1, 0.15) is 50.3 Å². The third-order valence-electron chi connectivity index (χ3n) is 6.14. The van der Waals surface area contributed by atoms with Crippen LogP contribution in [0.5, 0.6) is 0 Å². The minimum Gasteiger partial charge on any atom is -0.333 e. The van der Waals surface area contributed by atoms with E-state index >= 15 is 0 Å². The Kier molecular flexibility index (Phi) is 7.68. The van der Waals surface area contributed by atoms with Gasteiger partial charge in [-0.2, -0.15) is 0 Å². The summed E-state index contributed by atoms with van der Waals surface area (Å²) >= 11 is 2.98. The maximum Gasteiger partial charge on any atom is 0.273 e. The Bertz CT molecular complexity index is 1400. The van der Waals surface area contributed by atoms with Gasteiger partial charge < -0.3 is 9.80 Å². The third-order valence-corrected chi connectivity index (χ3v) is 8.03. The Morgan fingerprint density at radius 1 is 1.16 bits per heavy atom. The number of nitrogens with zero attached hydrogens (tertiary/aromatic N) is 5. The highest BCUT2D eigenvalue weighted by Gasteiger charge is 2.21. The molecule has 1 aromatic carbocycles. The highest BCUT2D eigenvalue weighted by Crippen LogP contribution is 2.28. The fraction of sp³-hybridized carbons (Fsp3) is 0.296. The minimum absolute atomic E-state index is 0.119. The first-order valence-electron chi connectivity index (χ1n) is 12.2. The van der Waals surface area contributed by atoms with Gasteiger partial charge in [0.1, 0.15) is 10.7 Å². The topological polar surface area (TPSA) is 91.3 Å². The number of carbonyl (C=O) groups excluding carboxylic acids is 2. The number of nitrogens with one attached hydrogen (secondary N) is 1. The normalized spacial score (nSPS) is 13.2. The van der Waals surface area contributed by atoms with Crippen molar-refractivity contribution in [1.29, 1.82) is 0 Å². The summed E-state index contributed by atoms with van der Waals surface area (Å²) in [5, 5.41) is 6.18. The van der Waals surface area contributed by atoms with E-state index in [0.717, 1.165) is 47.8 Å². The molecular weight excluding hydrogens is 504 g/mol. The Hall–Kier alpha value is -3.47. The molecule has 0 saturated heterocycles. The number of aromatic nitrogens is 3. The Labute approximate surface area is 224 Å². The van der Waals surface area contributed by atoms with Crippen molar-refractivity contribution in [2.75, 3.05) is 25.5 Å². The fourth-order valence-electron chi connectivity index (χ4n) is 4.26. The molecule has 1 aliphatic heterocycles. The third kappa shape index (κ3) is 5.93. The number of fused-ring (bicyclic) bond motifs is 1. The van der Waals surface area contributed by atoms with Crippen LogP contribution in [0.2, 0.25) is 0 Å². The summed E-state index contributed by atoms with van der Waals surface area (Å²) in [6.45, 7) is 4.87. The highest BCUT2D eigenvalue weighted by atomic mass is 32.1. The van der Waals surface area contributed by atoms with Crippen molar-refractivity contribution < 1.29 is 9.59 Å². The number of thiazole rings is 2. The molecule has 2 amide bonds. The lowest BCUT2D eigenvalue weighted by Gasteiger charge is -2.21. The van der Waals surface area contributed by atoms with Crippen molar-refractivity contribution in [3.63, 3.8) is 0 Å². The summed E-state index contributed by atoms with van der Waals surface area (Å²) in [4.78, 5) is 44.8. The SMILES string of the molecule is CCCN(Cc1cccc(C(=O)Nc2nc3c(s2)CN(C)CC3)c1)C(=O)c1csc(-c2ccncc2)n1. The Morgan fingerprint density at radius 2 is 2.00 bits per heavy atom. The summed E-state index contributed by atoms with van der Waals surface area (Å²) in [5.74, 6) is -0.317. The molecule has 5 rings (SSSR count). The molecule has 0 radical (unpaired) electrons. The molecule has 0 aliphatic carbocycles. The number of amides is 2. The standard InChI is InChI=1S/C27H28N6O2S2/c1-3-12-33(26(35)22-17-36-25(29-22)19-7-10-28-11-8-19)15-18-5-4-6-20(14-18)24(34)31-27-30-21-9-13-32(2)16-23(21)37-27/h4-8,10-11,14,17H,3,9,12-13,15-16H2,1-2H3,(H,30,31,34). The molecule has 0 atom stereocenters. The molecule has 1 N–H and O–H groups in total. The molecule has 10 heteroatoms. The number of rotatable bonds is 8. The molecule has 1 aliphatic rings. The van der Waals surface area contributed by atoms with E-state index in [-0.39, 0.29) is 11.8 Å². The summed E-state index contributed by atoms with van der Waals surface area (Å²) < 4.78 is 0. The van der Waals surface area contributed by atoms with Gasteiger partial charge in [-0.3, -0.25) is 19.9 Å². The molecule has 0 unspecified atom stereocenters. The predicted molar refractivity (Wildman–Crippen MR) is 147 cm³/mol. The number of benzene rings is 1. The zero-order chi connectivity index (χ0) is 25.8. The molecular formula is C27H28N6O2S2. The van der Waals surface area contributed by atoms with Crippen LogP contribution in [0.4, 0.5) is 5.13 Å². The minimum atomic E-state index is -0.198. The van der Waals surface area contributed by atoms with E-state index in [9.17, 15) is 9.59 Å². The monoisotopic (exact) mass is 532 g/mol. The van der Waals surface area contributed by atoms with Crippen molar-refractivity contribution in [2.24, 2.45) is 0 Å². The van der Waals surface area contributed by atoms with Crippen LogP contribution in [0.25, 0.3) is 10.6 Å². The Morgan fingerprint density at radius 3 is 2.81 bits per heavy atom. The van der Waals surface area contributed by atoms with E-state index in [4.69, 9.17) is 0 Å². The molecule has 4 aromatic rings. The molecule has 0 saturated carbocycles. The fourth-order valence-corrected chi connectivity index (χ4v) is 6.14. The number of hydrogen-bond donors (Lipinski definition) is 1. The van der Waals surface area contributed by atoms with Gasteiger partial charge in [0.2, 0.25) is 0 Å². The van der Waals surface area contributed by atoms with Crippen molar-refractivity contribution >= 4 is 39.6 Å². The number of hydrogen-bond acceptors (Lipinski definition) is 8. The van der Waals surface area contributed by atoms with Crippen LogP contribution >= 0.6 is 22.7 Å². The van der Waals surface area contributed by atoms with Crippen LogP contribution < -0.4 is 5.32 Å². The summed E-state index contributed by atoms with van der Waals surface area (Å²) in [7, 11) is 2.09. The zero-order valence-corrected chi connectivity index (χ0v) is 22.4. The van der Waals surface area contributed by atoms with E-state index in [2.05, 4.69) is 32.2 Å². The van der Waals surface area contributed by atoms with Gasteiger partial charge in [-0.25, -0.2) is 9.97 Å². The molecule has 0 fully saturated rings. The molecule has 4 heterocycles. The molecule has 37 heavy (non-hydrogen) atoms. The summed E-state index contributed by atoms with van der Waals surface area (Å²) in [6, 6.07) is 11.2. The summed E-state index contributed by atoms with van der Waals surface area (Å²) in [6.07, 6.45) is 5.15. The molecule has 0 bridgehead atoms. The lowest BCUT2D eigenvalue weighted by molar-refractivity contribution is 0.0738. The largest absolute Gasteiger partial charge is 0.333 e. The van der Waals surface area contributed by atoms with Crippen molar-refractivity contribution in [2.45, 2.75) is 32.9 Å². The number of likely N-dealkylation sites (N-methyl/N-ethyl adjacent to an activating group) is 1. The van der Waals surface area contributed by atoms with Crippen molar-refractivity contribution in [1.82, 2.24) is 24.8 Å². The number of pyridine rings is 1. The molecule has 8 nitrogen and oxygen atoms in total. The van der Waals surface area contributed by atoms with Crippen LogP contribution in [0, 0.1) is 0 Å². The van der Waals surface area contributed by atoms with Gasteiger partial charge in [0.25, 0.3) is 11.8 Å². The van der Waals surface area contributed by atoms with Gasteiger partial charge in [0.05, 0.1) is 5.69 Å². The molecule has 3 aromatic heterocycles. The van der Waals surface area contributed by atoms with E-state index in [1.165, 1.54) is 27.6 Å². The van der Waals surface area contributed by atoms with Gasteiger partial charge in [-0.1, -0.05) is 19.1 Å². The van der Waals surface area contributed by atoms with Gasteiger partial charge >= 0.3 is 0 Å². The lowest BCUT2D eigenvalue weighted by atomic mass is 10.1. The quantitative estimate of drug-likeness (QED) is 0.345. The van der Waals surface area contributed by atoms with E-state index in [1.807, 2.05) is 37.3 Å². The smallest absolute Gasteiger partial charge is 0.273 e. The second-order valence-electron chi connectivity index (χ2n) is 9.03. The molecule has 190 valence electrons. The maximum atomic E-state index is 13.3. The van der Waals surface area contributed by atoms with Crippen molar-refractivity contribution in [3.05, 3.63) is 81.6 Å². The van der Waals surface area contributed by atoms with Gasteiger partial charge in [-0.05, 0) is 43.3 Å². The first kappa shape index (κ1) is 25.2. The number of carbonyl (C=O) groups is 2. The number of anilines is 1. The second kappa shape index (κ2) is 11.3. The average Bonchev–Trinajstić information content (AvgIpc) is 3.56. The predicted octanol–water partition coefficient (Wildman–Crippen LogP) is 4.95. The second-order valence-corrected chi connectivity index (χ2v) is 11.0. The van der Waals surface area contributed by atoms with Gasteiger partial charge in [0, 0.05) is 66.4 Å². The first-order chi connectivity index (χ1) is 18.0.